The molecule has 4 aromatic rings. The van der Waals surface area contributed by atoms with Crippen LogP contribution in [-0.2, 0) is 6.54 Å². The molecule has 0 aliphatic carbocycles. The fraction of sp³-hybridized carbons (Fsp3) is 0.0952. The Morgan fingerprint density at radius 2 is 1.93 bits per heavy atom. The molecule has 4 nitrogen and oxygen atoms in total. The maximum absolute atomic E-state index is 13.5. The third kappa shape index (κ3) is 3.73. The van der Waals surface area contributed by atoms with E-state index in [0.29, 0.717) is 17.4 Å². The van der Waals surface area contributed by atoms with E-state index < -0.39 is 0 Å². The molecule has 1 aromatic heterocycles. The van der Waals surface area contributed by atoms with Gasteiger partial charge in [0.15, 0.2) is 5.82 Å². The van der Waals surface area contributed by atoms with Crippen molar-refractivity contribution < 1.29 is 9.13 Å². The molecule has 0 bridgehead atoms. The fourth-order valence-corrected chi connectivity index (χ4v) is 3.20. The van der Waals surface area contributed by atoms with Gasteiger partial charge in [0.1, 0.15) is 11.6 Å². The summed E-state index contributed by atoms with van der Waals surface area (Å²) in [6.07, 6.45) is 0. The Bertz CT molecular complexity index is 1110. The smallest absolute Gasteiger partial charge is 0.160 e. The highest BCUT2D eigenvalue weighted by Gasteiger charge is 2.13. The summed E-state index contributed by atoms with van der Waals surface area (Å²) in [4.78, 5) is 0. The van der Waals surface area contributed by atoms with Crippen molar-refractivity contribution in [3.05, 3.63) is 83.1 Å². The molecule has 4 rings (SSSR count). The van der Waals surface area contributed by atoms with E-state index >= 15 is 0 Å². The summed E-state index contributed by atoms with van der Waals surface area (Å²) in [6.45, 7) is 0.456. The highest BCUT2D eigenvalue weighted by molar-refractivity contribution is 6.30. The third-order valence-corrected chi connectivity index (χ3v) is 4.50. The van der Waals surface area contributed by atoms with Gasteiger partial charge in [-0.3, -0.25) is 4.68 Å². The van der Waals surface area contributed by atoms with Crippen LogP contribution in [0.3, 0.4) is 0 Å². The van der Waals surface area contributed by atoms with Crippen LogP contribution in [0.25, 0.3) is 10.9 Å². The predicted molar refractivity (Wildman–Crippen MR) is 107 cm³/mol. The average molecular weight is 382 g/mol. The molecule has 0 saturated heterocycles. The lowest BCUT2D eigenvalue weighted by atomic mass is 10.2. The highest BCUT2D eigenvalue weighted by Crippen LogP contribution is 2.30. The summed E-state index contributed by atoms with van der Waals surface area (Å²) >= 11 is 6.08. The summed E-state index contributed by atoms with van der Waals surface area (Å²) in [5.74, 6) is 1.16. The second-order valence-electron chi connectivity index (χ2n) is 6.15. The SMILES string of the molecule is COc1ccc2c(c1)c(Nc1cccc(Cl)c1)nn2Cc1cccc(F)c1. The summed E-state index contributed by atoms with van der Waals surface area (Å²) in [5.41, 5.74) is 2.59. The van der Waals surface area contributed by atoms with Gasteiger partial charge in [-0.2, -0.15) is 5.10 Å². The zero-order valence-electron chi connectivity index (χ0n) is 14.6. The molecular weight excluding hydrogens is 365 g/mol. The van der Waals surface area contributed by atoms with Gasteiger partial charge in [-0.25, -0.2) is 4.39 Å². The molecule has 0 aliphatic rings. The van der Waals surface area contributed by atoms with E-state index in [1.165, 1.54) is 12.1 Å². The normalized spacial score (nSPS) is 10.9. The maximum atomic E-state index is 13.5. The molecule has 0 atom stereocenters. The summed E-state index contributed by atoms with van der Waals surface area (Å²) < 4.78 is 20.7. The lowest BCUT2D eigenvalue weighted by Gasteiger charge is -2.04. The number of hydrogen-bond donors (Lipinski definition) is 1. The first kappa shape index (κ1) is 17.4. The summed E-state index contributed by atoms with van der Waals surface area (Å²) in [7, 11) is 1.63. The molecule has 0 spiro atoms. The molecular formula is C21H17ClFN3O. The van der Waals surface area contributed by atoms with Gasteiger partial charge in [0.05, 0.1) is 19.2 Å². The van der Waals surface area contributed by atoms with E-state index in [-0.39, 0.29) is 5.82 Å². The van der Waals surface area contributed by atoms with Crippen LogP contribution >= 0.6 is 11.6 Å². The number of fused-ring (bicyclic) bond motifs is 1. The zero-order valence-corrected chi connectivity index (χ0v) is 15.4. The van der Waals surface area contributed by atoms with Crippen molar-refractivity contribution >= 4 is 34.0 Å². The molecule has 136 valence electrons. The number of benzene rings is 3. The van der Waals surface area contributed by atoms with E-state index in [1.54, 1.807) is 13.2 Å². The van der Waals surface area contributed by atoms with E-state index in [9.17, 15) is 4.39 Å². The Morgan fingerprint density at radius 1 is 1.07 bits per heavy atom. The number of nitrogens with zero attached hydrogens (tertiary/aromatic N) is 2. The predicted octanol–water partition coefficient (Wildman–Crippen LogP) is 5.63. The van der Waals surface area contributed by atoms with Gasteiger partial charge >= 0.3 is 0 Å². The molecule has 0 saturated carbocycles. The first-order valence-electron chi connectivity index (χ1n) is 8.44. The number of hydrogen-bond acceptors (Lipinski definition) is 3. The molecule has 0 radical (unpaired) electrons. The van der Waals surface area contributed by atoms with Gasteiger partial charge in [0.25, 0.3) is 0 Å². The number of aromatic nitrogens is 2. The number of halogens is 2. The van der Waals surface area contributed by atoms with Crippen LogP contribution in [0.2, 0.25) is 5.02 Å². The summed E-state index contributed by atoms with van der Waals surface area (Å²) in [5, 5.41) is 9.56. The fourth-order valence-electron chi connectivity index (χ4n) is 3.01. The zero-order chi connectivity index (χ0) is 18.8. The number of nitrogens with one attached hydrogen (secondary N) is 1. The Morgan fingerprint density at radius 3 is 2.70 bits per heavy atom. The number of rotatable bonds is 5. The largest absolute Gasteiger partial charge is 0.497 e. The highest BCUT2D eigenvalue weighted by atomic mass is 35.5. The second kappa shape index (κ2) is 7.29. The van der Waals surface area contributed by atoms with Crippen molar-refractivity contribution in [1.82, 2.24) is 9.78 Å². The van der Waals surface area contributed by atoms with E-state index in [0.717, 1.165) is 27.9 Å². The number of anilines is 2. The van der Waals surface area contributed by atoms with E-state index in [1.807, 2.05) is 53.2 Å². The van der Waals surface area contributed by atoms with Gasteiger partial charge in [-0.05, 0) is 54.1 Å². The van der Waals surface area contributed by atoms with Crippen molar-refractivity contribution in [1.29, 1.82) is 0 Å². The quantitative estimate of drug-likeness (QED) is 0.487. The van der Waals surface area contributed by atoms with Gasteiger partial charge in [0.2, 0.25) is 0 Å². The number of ether oxygens (including phenoxy) is 1. The molecule has 27 heavy (non-hydrogen) atoms. The first-order chi connectivity index (χ1) is 13.1. The Kier molecular flexibility index (Phi) is 4.69. The minimum absolute atomic E-state index is 0.261. The van der Waals surface area contributed by atoms with E-state index in [2.05, 4.69) is 5.32 Å². The van der Waals surface area contributed by atoms with E-state index in [4.69, 9.17) is 21.4 Å². The van der Waals surface area contributed by atoms with Crippen molar-refractivity contribution in [2.75, 3.05) is 12.4 Å². The minimum atomic E-state index is -0.261. The molecule has 1 heterocycles. The minimum Gasteiger partial charge on any atom is -0.497 e. The summed E-state index contributed by atoms with van der Waals surface area (Å²) in [6, 6.07) is 19.7. The molecule has 1 N–H and O–H groups in total. The standard InChI is InChI=1S/C21H17ClFN3O/c1-27-18-8-9-20-19(12-18)21(24-17-7-3-5-15(22)11-17)25-26(20)13-14-4-2-6-16(23)10-14/h2-12H,13H2,1H3,(H,24,25). The van der Waals surface area contributed by atoms with Crippen molar-refractivity contribution in [3.63, 3.8) is 0 Å². The van der Waals surface area contributed by atoms with Gasteiger partial charge in [-0.1, -0.05) is 29.8 Å². The van der Waals surface area contributed by atoms with Gasteiger partial charge < -0.3 is 10.1 Å². The molecule has 6 heteroatoms. The van der Waals surface area contributed by atoms with Crippen molar-refractivity contribution in [3.8, 4) is 5.75 Å². The lowest BCUT2D eigenvalue weighted by Crippen LogP contribution is -2.02. The molecule has 0 aliphatic heterocycles. The van der Waals surface area contributed by atoms with Gasteiger partial charge in [0, 0.05) is 16.1 Å². The average Bonchev–Trinajstić information content (AvgIpc) is 2.98. The van der Waals surface area contributed by atoms with Crippen LogP contribution in [-0.4, -0.2) is 16.9 Å². The van der Waals surface area contributed by atoms with Crippen LogP contribution in [0.15, 0.2) is 66.7 Å². The first-order valence-corrected chi connectivity index (χ1v) is 8.82. The topological polar surface area (TPSA) is 39.1 Å². The Hall–Kier alpha value is -3.05. The number of methoxy groups -OCH3 is 1. The Balaban J connectivity index is 1.77. The molecule has 0 amide bonds. The third-order valence-electron chi connectivity index (χ3n) is 4.27. The Labute approximate surface area is 161 Å². The van der Waals surface area contributed by atoms with Crippen LogP contribution in [0, 0.1) is 5.82 Å². The van der Waals surface area contributed by atoms with Crippen LogP contribution in [0.4, 0.5) is 15.9 Å². The molecule has 3 aromatic carbocycles. The van der Waals surface area contributed by atoms with Crippen LogP contribution in [0.1, 0.15) is 5.56 Å². The molecule has 0 fully saturated rings. The van der Waals surface area contributed by atoms with Crippen LogP contribution in [0.5, 0.6) is 5.75 Å². The van der Waals surface area contributed by atoms with Crippen molar-refractivity contribution in [2.45, 2.75) is 6.54 Å². The second-order valence-corrected chi connectivity index (χ2v) is 6.59. The maximum Gasteiger partial charge on any atom is 0.160 e. The monoisotopic (exact) mass is 381 g/mol. The van der Waals surface area contributed by atoms with Gasteiger partial charge in [-0.15, -0.1) is 0 Å². The van der Waals surface area contributed by atoms with Crippen molar-refractivity contribution in [2.24, 2.45) is 0 Å². The lowest BCUT2D eigenvalue weighted by molar-refractivity contribution is 0.415. The van der Waals surface area contributed by atoms with Crippen LogP contribution < -0.4 is 10.1 Å². The molecule has 0 unspecified atom stereocenters.